The zero-order chi connectivity index (χ0) is 19.1. The second-order valence-corrected chi connectivity index (χ2v) is 9.01. The monoisotopic (exact) mass is 399 g/mol. The van der Waals surface area contributed by atoms with E-state index in [9.17, 15) is 18.0 Å². The third-order valence-corrected chi connectivity index (χ3v) is 6.40. The molecule has 2 aromatic rings. The number of fused-ring (bicyclic) bond motifs is 1. The summed E-state index contributed by atoms with van der Waals surface area (Å²) >= 11 is 5.90. The van der Waals surface area contributed by atoms with Crippen LogP contribution in [-0.4, -0.2) is 55.9 Å². The molecule has 0 saturated carbocycles. The van der Waals surface area contributed by atoms with Crippen molar-refractivity contribution in [3.8, 4) is 0 Å². The van der Waals surface area contributed by atoms with Gasteiger partial charge in [0.2, 0.25) is 5.76 Å². The van der Waals surface area contributed by atoms with Crippen LogP contribution in [0, 0.1) is 0 Å². The first-order chi connectivity index (χ1) is 12.2. The molecule has 26 heavy (non-hydrogen) atoms. The average molecular weight is 400 g/mol. The van der Waals surface area contributed by atoms with Crippen LogP contribution < -0.4 is 0 Å². The van der Waals surface area contributed by atoms with Crippen molar-refractivity contribution < 1.29 is 27.2 Å². The van der Waals surface area contributed by atoms with Gasteiger partial charge in [-0.1, -0.05) is 11.6 Å². The Morgan fingerprint density at radius 1 is 1.35 bits per heavy atom. The van der Waals surface area contributed by atoms with E-state index in [-0.39, 0.29) is 17.3 Å². The van der Waals surface area contributed by atoms with Crippen LogP contribution in [0.4, 0.5) is 0 Å². The Labute approximate surface area is 155 Å². The van der Waals surface area contributed by atoms with Crippen molar-refractivity contribution in [2.45, 2.75) is 25.5 Å². The summed E-state index contributed by atoms with van der Waals surface area (Å²) in [7, 11) is -1.60. The lowest BCUT2D eigenvalue weighted by Crippen LogP contribution is -2.44. The summed E-state index contributed by atoms with van der Waals surface area (Å²) in [6.45, 7) is 1.44. The van der Waals surface area contributed by atoms with Crippen LogP contribution in [0.25, 0.3) is 11.0 Å². The molecule has 0 spiro atoms. The molecule has 1 aromatic carbocycles. The van der Waals surface area contributed by atoms with E-state index in [0.29, 0.717) is 22.4 Å². The Hall–Kier alpha value is -2.06. The normalized spacial score (nSPS) is 20.0. The van der Waals surface area contributed by atoms with Crippen LogP contribution in [0.2, 0.25) is 5.02 Å². The Morgan fingerprint density at radius 3 is 2.73 bits per heavy atom. The van der Waals surface area contributed by atoms with E-state index in [2.05, 4.69) is 0 Å². The second kappa shape index (κ2) is 6.92. The minimum Gasteiger partial charge on any atom is -0.449 e. The molecule has 0 unspecified atom stereocenters. The van der Waals surface area contributed by atoms with E-state index in [1.54, 1.807) is 18.2 Å². The molecule has 1 aliphatic rings. The molecule has 1 aliphatic heterocycles. The van der Waals surface area contributed by atoms with Gasteiger partial charge in [-0.05, 0) is 37.6 Å². The molecule has 9 heteroatoms. The first kappa shape index (κ1) is 18.7. The van der Waals surface area contributed by atoms with Crippen LogP contribution in [0.3, 0.4) is 0 Å². The molecule has 0 bridgehead atoms. The lowest BCUT2D eigenvalue weighted by atomic mass is 10.2. The molecule has 1 saturated heterocycles. The first-order valence-corrected chi connectivity index (χ1v) is 10.2. The molecule has 2 heterocycles. The predicted octanol–water partition coefficient (Wildman–Crippen LogP) is 2.28. The number of halogens is 1. The van der Waals surface area contributed by atoms with Crippen LogP contribution >= 0.6 is 11.6 Å². The number of hydrogen-bond donors (Lipinski definition) is 0. The highest BCUT2D eigenvalue weighted by Gasteiger charge is 2.35. The molecular formula is C17H18ClNO6S. The fourth-order valence-electron chi connectivity index (χ4n) is 2.93. The number of rotatable bonds is 4. The fraction of sp³-hybridized carbons (Fsp3) is 0.412. The van der Waals surface area contributed by atoms with Crippen LogP contribution in [0.5, 0.6) is 0 Å². The zero-order valence-electron chi connectivity index (χ0n) is 14.3. The van der Waals surface area contributed by atoms with Crippen molar-refractivity contribution in [2.24, 2.45) is 0 Å². The fourth-order valence-corrected chi connectivity index (χ4v) is 4.89. The Kier molecular flexibility index (Phi) is 4.98. The first-order valence-electron chi connectivity index (χ1n) is 8.03. The highest BCUT2D eigenvalue weighted by atomic mass is 35.5. The molecule has 140 valence electrons. The van der Waals surface area contributed by atoms with Crippen molar-refractivity contribution in [3.05, 3.63) is 35.0 Å². The molecule has 0 radical (unpaired) electrons. The topological polar surface area (TPSA) is 93.9 Å². The van der Waals surface area contributed by atoms with Crippen molar-refractivity contribution in [1.82, 2.24) is 4.90 Å². The molecule has 1 fully saturated rings. The van der Waals surface area contributed by atoms with E-state index in [1.807, 2.05) is 0 Å². The van der Waals surface area contributed by atoms with Crippen molar-refractivity contribution in [3.63, 3.8) is 0 Å². The number of sulfone groups is 1. The molecule has 7 nitrogen and oxygen atoms in total. The maximum Gasteiger partial charge on any atom is 0.375 e. The number of amides is 1. The van der Waals surface area contributed by atoms with Gasteiger partial charge < -0.3 is 14.1 Å². The SMILES string of the molecule is C[C@H](OC(=O)c1cc2cc(Cl)ccc2o1)C(=O)N(C)[C@@H]1CCS(=O)(=O)C1. The molecule has 0 N–H and O–H groups in total. The number of likely N-dealkylation sites (N-methyl/N-ethyl adjacent to an activating group) is 1. The smallest absolute Gasteiger partial charge is 0.375 e. The molecule has 1 aromatic heterocycles. The maximum atomic E-state index is 12.4. The molecule has 3 rings (SSSR count). The zero-order valence-corrected chi connectivity index (χ0v) is 15.8. The summed E-state index contributed by atoms with van der Waals surface area (Å²) in [5, 5.41) is 1.16. The van der Waals surface area contributed by atoms with Crippen molar-refractivity contribution in [1.29, 1.82) is 0 Å². The van der Waals surface area contributed by atoms with E-state index >= 15 is 0 Å². The summed E-state index contributed by atoms with van der Waals surface area (Å²) < 4.78 is 33.7. The van der Waals surface area contributed by atoms with Crippen LogP contribution in [0.15, 0.2) is 28.7 Å². The Bertz CT molecular complexity index is 967. The number of carbonyl (C=O) groups excluding carboxylic acids is 2. The minimum absolute atomic E-state index is 0.0342. The third-order valence-electron chi connectivity index (χ3n) is 4.41. The number of furan rings is 1. The number of carbonyl (C=O) groups is 2. The highest BCUT2D eigenvalue weighted by Crippen LogP contribution is 2.24. The van der Waals surface area contributed by atoms with Crippen LogP contribution in [0.1, 0.15) is 23.9 Å². The van der Waals surface area contributed by atoms with E-state index in [1.165, 1.54) is 24.9 Å². The summed E-state index contributed by atoms with van der Waals surface area (Å²) in [5.74, 6) is -1.27. The standard InChI is InChI=1S/C17H18ClNO6S/c1-10(16(20)19(2)13-5-6-26(22,23)9-13)24-17(21)15-8-11-7-12(18)3-4-14(11)25-15/h3-4,7-8,10,13H,5-6,9H2,1-2H3/t10-,13+/m0/s1. The van der Waals surface area contributed by atoms with Crippen molar-refractivity contribution in [2.75, 3.05) is 18.6 Å². The number of esters is 1. The Balaban J connectivity index is 1.66. The average Bonchev–Trinajstić information content (AvgIpc) is 3.15. The minimum atomic E-state index is -3.11. The summed E-state index contributed by atoms with van der Waals surface area (Å²) in [4.78, 5) is 26.0. The third kappa shape index (κ3) is 3.86. The van der Waals surface area contributed by atoms with E-state index in [4.69, 9.17) is 20.8 Å². The molecule has 1 amide bonds. The number of benzene rings is 1. The maximum absolute atomic E-state index is 12.4. The van der Waals surface area contributed by atoms with Crippen LogP contribution in [-0.2, 0) is 19.4 Å². The summed E-state index contributed by atoms with van der Waals surface area (Å²) in [6.07, 6.45) is -0.678. The lowest BCUT2D eigenvalue weighted by Gasteiger charge is -2.26. The number of ether oxygens (including phenoxy) is 1. The van der Waals surface area contributed by atoms with Gasteiger partial charge in [-0.3, -0.25) is 4.79 Å². The quantitative estimate of drug-likeness (QED) is 0.732. The largest absolute Gasteiger partial charge is 0.449 e. The van der Waals surface area contributed by atoms with Gasteiger partial charge >= 0.3 is 5.97 Å². The molecule has 0 aliphatic carbocycles. The molecular weight excluding hydrogens is 382 g/mol. The van der Waals surface area contributed by atoms with Gasteiger partial charge in [-0.25, -0.2) is 13.2 Å². The Morgan fingerprint density at radius 2 is 2.08 bits per heavy atom. The number of nitrogens with zero attached hydrogens (tertiary/aromatic N) is 1. The van der Waals surface area contributed by atoms with Gasteiger partial charge in [-0.2, -0.15) is 0 Å². The summed E-state index contributed by atoms with van der Waals surface area (Å²) in [5.41, 5.74) is 0.480. The van der Waals surface area contributed by atoms with Crippen molar-refractivity contribution >= 4 is 44.3 Å². The molecule has 2 atom stereocenters. The highest BCUT2D eigenvalue weighted by molar-refractivity contribution is 7.91. The lowest BCUT2D eigenvalue weighted by molar-refractivity contribution is -0.140. The van der Waals surface area contributed by atoms with Gasteiger partial charge in [0.15, 0.2) is 15.9 Å². The van der Waals surface area contributed by atoms with Gasteiger partial charge in [-0.15, -0.1) is 0 Å². The van der Waals surface area contributed by atoms with E-state index < -0.39 is 33.9 Å². The predicted molar refractivity (Wildman–Crippen MR) is 95.9 cm³/mol. The van der Waals surface area contributed by atoms with Gasteiger partial charge in [0.1, 0.15) is 5.58 Å². The van der Waals surface area contributed by atoms with Gasteiger partial charge in [0.05, 0.1) is 11.5 Å². The van der Waals surface area contributed by atoms with Gasteiger partial charge in [0.25, 0.3) is 5.91 Å². The second-order valence-electron chi connectivity index (χ2n) is 6.35. The van der Waals surface area contributed by atoms with Gasteiger partial charge in [0, 0.05) is 23.5 Å². The number of hydrogen-bond acceptors (Lipinski definition) is 6. The van der Waals surface area contributed by atoms with E-state index in [0.717, 1.165) is 0 Å². The summed E-state index contributed by atoms with van der Waals surface area (Å²) in [6, 6.07) is 6.02.